The Morgan fingerprint density at radius 1 is 1.62 bits per heavy atom. The summed E-state index contributed by atoms with van der Waals surface area (Å²) in [6.07, 6.45) is 1.96. The van der Waals surface area contributed by atoms with Crippen LogP contribution in [0.3, 0.4) is 0 Å². The van der Waals surface area contributed by atoms with Gasteiger partial charge in [-0.25, -0.2) is 0 Å². The average molecular weight is 222 g/mol. The number of nitrogens with one attached hydrogen (secondary N) is 2. The smallest absolute Gasteiger partial charge is 0.287 e. The van der Waals surface area contributed by atoms with Gasteiger partial charge in [0.25, 0.3) is 5.91 Å². The van der Waals surface area contributed by atoms with Gasteiger partial charge in [-0.15, -0.1) is 0 Å². The van der Waals surface area contributed by atoms with Crippen LogP contribution in [0.2, 0.25) is 0 Å². The molecular weight excluding hydrogens is 204 g/mol. The summed E-state index contributed by atoms with van der Waals surface area (Å²) in [6.45, 7) is 4.79. The first-order chi connectivity index (χ1) is 7.79. The van der Waals surface area contributed by atoms with E-state index in [1.165, 1.54) is 0 Å². The Morgan fingerprint density at radius 3 is 3.12 bits per heavy atom. The third-order valence-electron chi connectivity index (χ3n) is 2.95. The predicted octanol–water partition coefficient (Wildman–Crippen LogP) is 1.18. The van der Waals surface area contributed by atoms with E-state index < -0.39 is 0 Å². The molecule has 1 unspecified atom stereocenters. The number of amides is 1. The first kappa shape index (κ1) is 11.2. The fourth-order valence-electron chi connectivity index (χ4n) is 1.90. The highest BCUT2D eigenvalue weighted by atomic mass is 16.3. The lowest BCUT2D eigenvalue weighted by atomic mass is 10.1. The number of carbonyl (C=O) groups is 1. The van der Waals surface area contributed by atoms with Crippen LogP contribution >= 0.6 is 0 Å². The van der Waals surface area contributed by atoms with Crippen molar-refractivity contribution in [2.75, 3.05) is 19.6 Å². The van der Waals surface area contributed by atoms with E-state index in [9.17, 15) is 4.79 Å². The van der Waals surface area contributed by atoms with Crippen molar-refractivity contribution in [1.82, 2.24) is 10.6 Å². The van der Waals surface area contributed by atoms with Crippen molar-refractivity contribution in [3.63, 3.8) is 0 Å². The third kappa shape index (κ3) is 2.64. The molecule has 0 bridgehead atoms. The Morgan fingerprint density at radius 2 is 2.50 bits per heavy atom. The van der Waals surface area contributed by atoms with Gasteiger partial charge in [0.2, 0.25) is 0 Å². The van der Waals surface area contributed by atoms with Crippen LogP contribution in [0.5, 0.6) is 0 Å². The summed E-state index contributed by atoms with van der Waals surface area (Å²) in [5.74, 6) is 1.73. The Kier molecular flexibility index (Phi) is 3.62. The van der Waals surface area contributed by atoms with Crippen LogP contribution in [0.4, 0.5) is 0 Å². The van der Waals surface area contributed by atoms with Crippen LogP contribution in [0.15, 0.2) is 16.5 Å². The summed E-state index contributed by atoms with van der Waals surface area (Å²) < 4.78 is 5.38. The molecule has 1 atom stereocenters. The van der Waals surface area contributed by atoms with Crippen LogP contribution in [-0.2, 0) is 6.42 Å². The Hall–Kier alpha value is -1.29. The van der Waals surface area contributed by atoms with Gasteiger partial charge in [0.15, 0.2) is 5.76 Å². The molecule has 4 heteroatoms. The number of aryl methyl sites for hydroxylation is 1. The average Bonchev–Trinajstić information content (AvgIpc) is 2.96. The molecule has 1 fully saturated rings. The quantitative estimate of drug-likeness (QED) is 0.804. The summed E-state index contributed by atoms with van der Waals surface area (Å²) in [5, 5.41) is 6.18. The maximum absolute atomic E-state index is 11.7. The SMILES string of the molecule is CCc1ccc(C(=O)NCC2CCNC2)o1. The van der Waals surface area contributed by atoms with E-state index in [2.05, 4.69) is 10.6 Å². The maximum atomic E-state index is 11.7. The van der Waals surface area contributed by atoms with Crippen molar-refractivity contribution >= 4 is 5.91 Å². The molecule has 0 spiro atoms. The van der Waals surface area contributed by atoms with Crippen molar-refractivity contribution in [2.24, 2.45) is 5.92 Å². The highest BCUT2D eigenvalue weighted by Crippen LogP contribution is 2.09. The van der Waals surface area contributed by atoms with Crippen molar-refractivity contribution < 1.29 is 9.21 Å². The molecule has 2 heterocycles. The molecule has 1 aliphatic rings. The van der Waals surface area contributed by atoms with E-state index >= 15 is 0 Å². The molecule has 4 nitrogen and oxygen atoms in total. The predicted molar refractivity (Wildman–Crippen MR) is 61.4 cm³/mol. The molecule has 88 valence electrons. The van der Waals surface area contributed by atoms with Gasteiger partial charge in [-0.1, -0.05) is 6.92 Å². The van der Waals surface area contributed by atoms with Gasteiger partial charge in [0.05, 0.1) is 0 Å². The van der Waals surface area contributed by atoms with E-state index in [1.54, 1.807) is 6.07 Å². The molecule has 0 aromatic carbocycles. The second-order valence-corrected chi connectivity index (χ2v) is 4.19. The highest BCUT2D eigenvalue weighted by Gasteiger charge is 2.16. The van der Waals surface area contributed by atoms with Crippen LogP contribution in [0.1, 0.15) is 29.7 Å². The summed E-state index contributed by atoms with van der Waals surface area (Å²) in [4.78, 5) is 11.7. The first-order valence-electron chi connectivity index (χ1n) is 5.87. The normalized spacial score (nSPS) is 19.9. The monoisotopic (exact) mass is 222 g/mol. The zero-order valence-corrected chi connectivity index (χ0v) is 9.58. The van der Waals surface area contributed by atoms with Crippen LogP contribution < -0.4 is 10.6 Å². The summed E-state index contributed by atoms with van der Waals surface area (Å²) in [6, 6.07) is 3.59. The zero-order valence-electron chi connectivity index (χ0n) is 9.58. The van der Waals surface area contributed by atoms with E-state index in [0.717, 1.165) is 38.2 Å². The minimum Gasteiger partial charge on any atom is -0.456 e. The lowest BCUT2D eigenvalue weighted by molar-refractivity contribution is 0.0919. The molecule has 0 radical (unpaired) electrons. The van der Waals surface area contributed by atoms with Crippen molar-refractivity contribution in [1.29, 1.82) is 0 Å². The number of rotatable bonds is 4. The molecule has 2 N–H and O–H groups in total. The summed E-state index contributed by atoms with van der Waals surface area (Å²) in [7, 11) is 0. The molecule has 0 aliphatic carbocycles. The number of furan rings is 1. The first-order valence-corrected chi connectivity index (χ1v) is 5.87. The van der Waals surface area contributed by atoms with Crippen LogP contribution in [0, 0.1) is 5.92 Å². The van der Waals surface area contributed by atoms with Crippen molar-refractivity contribution in [3.05, 3.63) is 23.7 Å². The van der Waals surface area contributed by atoms with E-state index in [0.29, 0.717) is 11.7 Å². The van der Waals surface area contributed by atoms with E-state index in [1.807, 2.05) is 13.0 Å². The Labute approximate surface area is 95.4 Å². The molecular formula is C12H18N2O2. The van der Waals surface area contributed by atoms with Gasteiger partial charge in [-0.05, 0) is 37.6 Å². The lowest BCUT2D eigenvalue weighted by Crippen LogP contribution is -2.29. The second-order valence-electron chi connectivity index (χ2n) is 4.19. The molecule has 2 rings (SSSR count). The topological polar surface area (TPSA) is 54.3 Å². The van der Waals surface area contributed by atoms with Gasteiger partial charge in [-0.2, -0.15) is 0 Å². The van der Waals surface area contributed by atoms with E-state index in [4.69, 9.17) is 4.42 Å². The minimum atomic E-state index is -0.105. The molecule has 1 amide bonds. The van der Waals surface area contributed by atoms with Crippen molar-refractivity contribution in [3.8, 4) is 0 Å². The standard InChI is InChI=1S/C12H18N2O2/c1-2-10-3-4-11(16-10)12(15)14-8-9-5-6-13-7-9/h3-4,9,13H,2,5-8H2,1H3,(H,14,15). The van der Waals surface area contributed by atoms with Crippen LogP contribution in [0.25, 0.3) is 0 Å². The molecule has 1 saturated heterocycles. The van der Waals surface area contributed by atoms with Gasteiger partial charge < -0.3 is 15.1 Å². The van der Waals surface area contributed by atoms with Gasteiger partial charge in [0.1, 0.15) is 5.76 Å². The highest BCUT2D eigenvalue weighted by molar-refractivity contribution is 5.91. The molecule has 1 aromatic heterocycles. The summed E-state index contributed by atoms with van der Waals surface area (Å²) >= 11 is 0. The van der Waals surface area contributed by atoms with E-state index in [-0.39, 0.29) is 5.91 Å². The second kappa shape index (κ2) is 5.16. The van der Waals surface area contributed by atoms with Crippen molar-refractivity contribution in [2.45, 2.75) is 19.8 Å². The Bertz CT molecular complexity index is 354. The van der Waals surface area contributed by atoms with Gasteiger partial charge >= 0.3 is 0 Å². The fraction of sp³-hybridized carbons (Fsp3) is 0.583. The molecule has 0 saturated carbocycles. The largest absolute Gasteiger partial charge is 0.456 e. The van der Waals surface area contributed by atoms with Gasteiger partial charge in [0, 0.05) is 13.0 Å². The summed E-state index contributed by atoms with van der Waals surface area (Å²) in [5.41, 5.74) is 0. The number of hydrogen-bond donors (Lipinski definition) is 2. The van der Waals surface area contributed by atoms with Crippen LogP contribution in [-0.4, -0.2) is 25.5 Å². The minimum absolute atomic E-state index is 0.105. The van der Waals surface area contributed by atoms with Gasteiger partial charge in [-0.3, -0.25) is 4.79 Å². The lowest BCUT2D eigenvalue weighted by Gasteiger charge is -2.08. The maximum Gasteiger partial charge on any atom is 0.287 e. The molecule has 1 aliphatic heterocycles. The third-order valence-corrected chi connectivity index (χ3v) is 2.95. The fourth-order valence-corrected chi connectivity index (χ4v) is 1.90. The number of hydrogen-bond acceptors (Lipinski definition) is 3. The Balaban J connectivity index is 1.82. The zero-order chi connectivity index (χ0) is 11.4. The molecule has 16 heavy (non-hydrogen) atoms. The molecule has 1 aromatic rings. The number of carbonyl (C=O) groups excluding carboxylic acids is 1.